The molecule has 4 nitrogen and oxygen atoms in total. The number of oxazole rings is 1. The molecule has 2 heterocycles. The largest absolute Gasteiger partial charge is 0.493 e. The fourth-order valence-corrected chi connectivity index (χ4v) is 4.17. The van der Waals surface area contributed by atoms with Crippen LogP contribution in [0.5, 0.6) is 5.75 Å². The molecule has 2 aromatic heterocycles. The summed E-state index contributed by atoms with van der Waals surface area (Å²) in [6.45, 7) is 4.69. The molecule has 0 radical (unpaired) electrons. The monoisotopic (exact) mass is 448 g/mol. The molecule has 3 aromatic carbocycles. The zero-order valence-corrected chi connectivity index (χ0v) is 19.6. The van der Waals surface area contributed by atoms with E-state index in [1.54, 1.807) is 0 Å². The minimum atomic E-state index is 0.538. The highest BCUT2D eigenvalue weighted by molar-refractivity contribution is 5.69. The van der Waals surface area contributed by atoms with Crippen molar-refractivity contribution < 1.29 is 9.15 Å². The average Bonchev–Trinajstić information content (AvgIpc) is 3.49. The lowest BCUT2D eigenvalue weighted by atomic mass is 10.0. The number of ether oxygens (including phenoxy) is 1. The Kier molecular flexibility index (Phi) is 6.30. The molecule has 4 heteroatoms. The lowest BCUT2D eigenvalue weighted by Crippen LogP contribution is -2.02. The van der Waals surface area contributed by atoms with Crippen molar-refractivity contribution in [2.45, 2.75) is 26.7 Å². The molecule has 0 amide bonds. The molecule has 0 N–H and O–H groups in total. The van der Waals surface area contributed by atoms with E-state index in [2.05, 4.69) is 71.3 Å². The van der Waals surface area contributed by atoms with Crippen molar-refractivity contribution in [1.82, 2.24) is 9.55 Å². The lowest BCUT2D eigenvalue weighted by molar-refractivity contribution is 0.320. The Bertz CT molecular complexity index is 1370. The Morgan fingerprint density at radius 3 is 2.35 bits per heavy atom. The highest BCUT2D eigenvalue weighted by Gasteiger charge is 2.12. The Labute approximate surface area is 200 Å². The second kappa shape index (κ2) is 9.84. The summed E-state index contributed by atoms with van der Waals surface area (Å²) in [5.74, 6) is 2.35. The van der Waals surface area contributed by atoms with Crippen LogP contribution in [-0.4, -0.2) is 16.2 Å². The third kappa shape index (κ3) is 4.67. The number of hydrogen-bond donors (Lipinski definition) is 0. The second-order valence-electron chi connectivity index (χ2n) is 8.31. The topological polar surface area (TPSA) is 40.2 Å². The number of rotatable bonds is 8. The summed E-state index contributed by atoms with van der Waals surface area (Å²) < 4.78 is 14.2. The van der Waals surface area contributed by atoms with Gasteiger partial charge in [0.25, 0.3) is 0 Å². The fraction of sp³-hybridized carbons (Fsp3) is 0.167. The van der Waals surface area contributed by atoms with E-state index in [1.165, 1.54) is 11.1 Å². The maximum absolute atomic E-state index is 6.12. The first-order valence-electron chi connectivity index (χ1n) is 11.7. The molecular formula is C30H28N2O2. The Balaban J connectivity index is 1.29. The molecule has 0 bridgehead atoms. The molecule has 0 aliphatic rings. The molecule has 0 fully saturated rings. The van der Waals surface area contributed by atoms with Gasteiger partial charge in [-0.25, -0.2) is 4.98 Å². The van der Waals surface area contributed by atoms with E-state index < -0.39 is 0 Å². The van der Waals surface area contributed by atoms with E-state index in [-0.39, 0.29) is 0 Å². The normalized spacial score (nSPS) is 11.0. The first-order chi connectivity index (χ1) is 16.7. The molecule has 170 valence electrons. The van der Waals surface area contributed by atoms with Gasteiger partial charge in [-0.3, -0.25) is 0 Å². The quantitative estimate of drug-likeness (QED) is 0.250. The number of benzene rings is 3. The van der Waals surface area contributed by atoms with Gasteiger partial charge in [-0.2, -0.15) is 0 Å². The Hall–Kier alpha value is -4.05. The number of aryl methyl sites for hydroxylation is 2. The molecule has 0 saturated heterocycles. The van der Waals surface area contributed by atoms with E-state index in [0.29, 0.717) is 18.9 Å². The fourth-order valence-electron chi connectivity index (χ4n) is 4.17. The number of aromatic nitrogens is 2. The molecule has 34 heavy (non-hydrogen) atoms. The minimum absolute atomic E-state index is 0.538. The van der Waals surface area contributed by atoms with Crippen LogP contribution in [-0.2, 0) is 12.8 Å². The standard InChI is InChI=1S/C30H28N2O2/c1-3-23-20-32(26-14-8-5-9-15-26)21-28(23)25-13-10-16-27(19-25)33-18-17-29-22(2)34-30(31-29)24-11-6-4-7-12-24/h4-16,19-21H,3,17-18H2,1-2H3. The molecular weight excluding hydrogens is 420 g/mol. The molecule has 0 atom stereocenters. The first kappa shape index (κ1) is 21.8. The van der Waals surface area contributed by atoms with E-state index in [9.17, 15) is 0 Å². The molecule has 5 aromatic rings. The van der Waals surface area contributed by atoms with E-state index >= 15 is 0 Å². The summed E-state index contributed by atoms with van der Waals surface area (Å²) in [5, 5.41) is 0. The predicted molar refractivity (Wildman–Crippen MR) is 136 cm³/mol. The highest BCUT2D eigenvalue weighted by Crippen LogP contribution is 2.30. The zero-order chi connectivity index (χ0) is 23.3. The minimum Gasteiger partial charge on any atom is -0.493 e. The van der Waals surface area contributed by atoms with Crippen molar-refractivity contribution >= 4 is 0 Å². The van der Waals surface area contributed by atoms with Gasteiger partial charge in [0.15, 0.2) is 0 Å². The summed E-state index contributed by atoms with van der Waals surface area (Å²) in [7, 11) is 0. The number of hydrogen-bond acceptors (Lipinski definition) is 3. The van der Waals surface area contributed by atoms with Crippen molar-refractivity contribution in [2.75, 3.05) is 6.61 Å². The summed E-state index contributed by atoms with van der Waals surface area (Å²) in [5.41, 5.74) is 6.79. The molecule has 0 spiro atoms. The van der Waals surface area contributed by atoms with Gasteiger partial charge in [0.1, 0.15) is 11.5 Å². The molecule has 0 saturated carbocycles. The second-order valence-corrected chi connectivity index (χ2v) is 8.31. The van der Waals surface area contributed by atoms with Crippen molar-refractivity contribution in [2.24, 2.45) is 0 Å². The van der Waals surface area contributed by atoms with Gasteiger partial charge < -0.3 is 13.7 Å². The van der Waals surface area contributed by atoms with Gasteiger partial charge >= 0.3 is 0 Å². The lowest BCUT2D eigenvalue weighted by Gasteiger charge is -2.08. The van der Waals surface area contributed by atoms with Crippen LogP contribution in [0.2, 0.25) is 0 Å². The van der Waals surface area contributed by atoms with Crippen LogP contribution < -0.4 is 4.74 Å². The zero-order valence-electron chi connectivity index (χ0n) is 19.6. The van der Waals surface area contributed by atoms with Crippen LogP contribution in [0.15, 0.2) is 102 Å². The first-order valence-corrected chi connectivity index (χ1v) is 11.7. The van der Waals surface area contributed by atoms with Gasteiger partial charge in [0.2, 0.25) is 5.89 Å². The summed E-state index contributed by atoms with van der Waals surface area (Å²) >= 11 is 0. The number of para-hydroxylation sites is 1. The van der Waals surface area contributed by atoms with E-state index in [4.69, 9.17) is 9.15 Å². The average molecular weight is 449 g/mol. The van der Waals surface area contributed by atoms with Crippen molar-refractivity contribution in [1.29, 1.82) is 0 Å². The van der Waals surface area contributed by atoms with Crippen molar-refractivity contribution in [3.05, 3.63) is 114 Å². The van der Waals surface area contributed by atoms with Crippen molar-refractivity contribution in [3.8, 4) is 34.0 Å². The summed E-state index contributed by atoms with van der Waals surface area (Å²) in [4.78, 5) is 4.68. The highest BCUT2D eigenvalue weighted by atomic mass is 16.5. The van der Waals surface area contributed by atoms with Gasteiger partial charge in [0, 0.05) is 35.6 Å². The summed E-state index contributed by atoms with van der Waals surface area (Å²) in [6, 6.07) is 28.7. The van der Waals surface area contributed by atoms with Crippen LogP contribution in [0.3, 0.4) is 0 Å². The predicted octanol–water partition coefficient (Wildman–Crippen LogP) is 7.29. The SMILES string of the molecule is CCc1cn(-c2ccccc2)cc1-c1cccc(OCCc2nc(-c3ccccc3)oc2C)c1. The molecule has 0 aliphatic heterocycles. The smallest absolute Gasteiger partial charge is 0.226 e. The van der Waals surface area contributed by atoms with Gasteiger partial charge in [-0.1, -0.05) is 55.5 Å². The van der Waals surface area contributed by atoms with Crippen LogP contribution in [0.4, 0.5) is 0 Å². The Morgan fingerprint density at radius 2 is 1.59 bits per heavy atom. The van der Waals surface area contributed by atoms with Crippen LogP contribution in [0, 0.1) is 6.92 Å². The Morgan fingerprint density at radius 1 is 0.853 bits per heavy atom. The van der Waals surface area contributed by atoms with Crippen LogP contribution in [0.1, 0.15) is 23.9 Å². The maximum Gasteiger partial charge on any atom is 0.226 e. The summed E-state index contributed by atoms with van der Waals surface area (Å²) in [6.07, 6.45) is 6.08. The van der Waals surface area contributed by atoms with E-state index in [0.717, 1.165) is 40.4 Å². The molecule has 5 rings (SSSR count). The molecule has 0 aliphatic carbocycles. The van der Waals surface area contributed by atoms with E-state index in [1.807, 2.05) is 49.4 Å². The van der Waals surface area contributed by atoms with Crippen LogP contribution >= 0.6 is 0 Å². The van der Waals surface area contributed by atoms with Gasteiger partial charge in [0.05, 0.1) is 12.3 Å². The maximum atomic E-state index is 6.12. The van der Waals surface area contributed by atoms with Crippen LogP contribution in [0.25, 0.3) is 28.3 Å². The molecule has 0 unspecified atom stereocenters. The third-order valence-electron chi connectivity index (χ3n) is 6.01. The van der Waals surface area contributed by atoms with Gasteiger partial charge in [-0.15, -0.1) is 0 Å². The van der Waals surface area contributed by atoms with Crippen molar-refractivity contribution in [3.63, 3.8) is 0 Å². The third-order valence-corrected chi connectivity index (χ3v) is 6.01. The van der Waals surface area contributed by atoms with Gasteiger partial charge in [-0.05, 0) is 60.9 Å². The number of nitrogens with zero attached hydrogens (tertiary/aromatic N) is 2.